The van der Waals surface area contributed by atoms with Crippen molar-refractivity contribution in [1.29, 1.82) is 0 Å². The summed E-state index contributed by atoms with van der Waals surface area (Å²) < 4.78 is 0. The lowest BCUT2D eigenvalue weighted by Crippen LogP contribution is -2.25. The number of hydrogen-bond acceptors (Lipinski definition) is 2. The van der Waals surface area contributed by atoms with Crippen LogP contribution >= 0.6 is 12.4 Å². The highest BCUT2D eigenvalue weighted by molar-refractivity contribution is 5.85. The predicted molar refractivity (Wildman–Crippen MR) is 64.8 cm³/mol. The maximum absolute atomic E-state index is 11.1. The van der Waals surface area contributed by atoms with Crippen molar-refractivity contribution in [2.75, 3.05) is 13.6 Å². The van der Waals surface area contributed by atoms with Crippen LogP contribution in [0.4, 0.5) is 0 Å². The summed E-state index contributed by atoms with van der Waals surface area (Å²) in [6.45, 7) is 0.858. The summed E-state index contributed by atoms with van der Waals surface area (Å²) in [6.07, 6.45) is 0.741. The fourth-order valence-electron chi connectivity index (χ4n) is 2.34. The number of carbonyl (C=O) groups is 1. The van der Waals surface area contributed by atoms with Gasteiger partial charge in [0.15, 0.2) is 0 Å². The van der Waals surface area contributed by atoms with Gasteiger partial charge in [-0.15, -0.1) is 12.4 Å². The molecule has 88 valence electrons. The molecule has 4 heteroatoms. The van der Waals surface area contributed by atoms with Crippen LogP contribution in [0.3, 0.4) is 0 Å². The Bertz CT molecular complexity index is 355. The number of nitrogens with zero attached hydrogens (tertiary/aromatic N) is 1. The third kappa shape index (κ3) is 2.36. The minimum Gasteiger partial charge on any atom is -0.481 e. The molecule has 1 aromatic rings. The van der Waals surface area contributed by atoms with Crippen LogP contribution in [0.1, 0.15) is 18.0 Å². The normalized spacial score (nSPS) is 25.1. The first-order valence-electron chi connectivity index (χ1n) is 5.18. The summed E-state index contributed by atoms with van der Waals surface area (Å²) in [7, 11) is 1.99. The minimum absolute atomic E-state index is 0. The summed E-state index contributed by atoms with van der Waals surface area (Å²) in [5.41, 5.74) is 1.10. The van der Waals surface area contributed by atoms with Crippen LogP contribution < -0.4 is 0 Å². The van der Waals surface area contributed by atoms with Gasteiger partial charge in [-0.1, -0.05) is 30.3 Å². The maximum atomic E-state index is 11.1. The summed E-state index contributed by atoms with van der Waals surface area (Å²) >= 11 is 0. The summed E-state index contributed by atoms with van der Waals surface area (Å²) in [5, 5.41) is 9.14. The predicted octanol–water partition coefficient (Wildman–Crippen LogP) is 2.19. The Kier molecular flexibility index (Phi) is 4.33. The van der Waals surface area contributed by atoms with E-state index in [1.807, 2.05) is 37.4 Å². The molecule has 0 saturated carbocycles. The molecule has 16 heavy (non-hydrogen) atoms. The molecule has 1 aliphatic heterocycles. The molecule has 1 N–H and O–H groups in total. The average Bonchev–Trinajstić information content (AvgIpc) is 2.61. The minimum atomic E-state index is -0.687. The van der Waals surface area contributed by atoms with E-state index in [2.05, 4.69) is 4.90 Å². The lowest BCUT2D eigenvalue weighted by atomic mass is 9.94. The van der Waals surface area contributed by atoms with E-state index < -0.39 is 5.97 Å². The van der Waals surface area contributed by atoms with Crippen molar-refractivity contribution in [3.05, 3.63) is 35.9 Å². The molecule has 0 aromatic heterocycles. The van der Waals surface area contributed by atoms with Gasteiger partial charge in [0, 0.05) is 6.04 Å². The second kappa shape index (κ2) is 5.32. The van der Waals surface area contributed by atoms with E-state index in [9.17, 15) is 4.79 Å². The Morgan fingerprint density at radius 3 is 2.56 bits per heavy atom. The van der Waals surface area contributed by atoms with Gasteiger partial charge in [-0.05, 0) is 25.6 Å². The molecule has 0 aliphatic carbocycles. The van der Waals surface area contributed by atoms with Crippen LogP contribution in [0.2, 0.25) is 0 Å². The number of aliphatic carboxylic acids is 1. The van der Waals surface area contributed by atoms with Gasteiger partial charge < -0.3 is 5.11 Å². The smallest absolute Gasteiger partial charge is 0.308 e. The molecular formula is C12H16ClNO2. The fraction of sp³-hybridized carbons (Fsp3) is 0.417. The molecule has 2 atom stereocenters. The van der Waals surface area contributed by atoms with Gasteiger partial charge in [-0.25, -0.2) is 0 Å². The van der Waals surface area contributed by atoms with Crippen LogP contribution in [0, 0.1) is 5.92 Å². The summed E-state index contributed by atoms with van der Waals surface area (Å²) in [4.78, 5) is 13.2. The molecule has 1 heterocycles. The number of rotatable bonds is 2. The van der Waals surface area contributed by atoms with E-state index in [0.29, 0.717) is 0 Å². The molecule has 1 aromatic carbocycles. The van der Waals surface area contributed by atoms with Gasteiger partial charge in [0.1, 0.15) is 0 Å². The van der Waals surface area contributed by atoms with Crippen molar-refractivity contribution in [3.8, 4) is 0 Å². The van der Waals surface area contributed by atoms with E-state index in [1.165, 1.54) is 0 Å². The van der Waals surface area contributed by atoms with E-state index >= 15 is 0 Å². The zero-order chi connectivity index (χ0) is 10.8. The standard InChI is InChI=1S/C12H15NO2.ClH/c1-13-8-7-10(12(14)15)11(13)9-5-3-2-4-6-9;/h2-6,10-11H,7-8H2,1H3,(H,14,15);1H/t10-,11+;/m0./s1. The molecule has 1 fully saturated rings. The lowest BCUT2D eigenvalue weighted by molar-refractivity contribution is -0.142. The molecule has 1 saturated heterocycles. The van der Waals surface area contributed by atoms with Crippen LogP contribution in [0.25, 0.3) is 0 Å². The van der Waals surface area contributed by atoms with Crippen molar-refractivity contribution in [1.82, 2.24) is 4.90 Å². The van der Waals surface area contributed by atoms with E-state index in [1.54, 1.807) is 0 Å². The molecule has 0 amide bonds. The van der Waals surface area contributed by atoms with E-state index in [-0.39, 0.29) is 24.4 Å². The van der Waals surface area contributed by atoms with Crippen molar-refractivity contribution in [2.24, 2.45) is 5.92 Å². The fourth-order valence-corrected chi connectivity index (χ4v) is 2.34. The van der Waals surface area contributed by atoms with Crippen LogP contribution in [-0.2, 0) is 4.79 Å². The second-order valence-electron chi connectivity index (χ2n) is 4.07. The highest BCUT2D eigenvalue weighted by atomic mass is 35.5. The zero-order valence-electron chi connectivity index (χ0n) is 9.17. The van der Waals surface area contributed by atoms with Crippen LogP contribution in [0.15, 0.2) is 30.3 Å². The van der Waals surface area contributed by atoms with E-state index in [4.69, 9.17) is 5.11 Å². The van der Waals surface area contributed by atoms with Crippen molar-refractivity contribution >= 4 is 18.4 Å². The number of benzene rings is 1. The van der Waals surface area contributed by atoms with Gasteiger partial charge in [-0.2, -0.15) is 0 Å². The zero-order valence-corrected chi connectivity index (χ0v) is 9.98. The van der Waals surface area contributed by atoms with Gasteiger partial charge in [-0.3, -0.25) is 9.69 Å². The monoisotopic (exact) mass is 241 g/mol. The summed E-state index contributed by atoms with van der Waals surface area (Å²) in [6, 6.07) is 9.91. The Labute approximate surface area is 101 Å². The molecule has 2 rings (SSSR count). The molecule has 0 radical (unpaired) electrons. The van der Waals surface area contributed by atoms with Gasteiger partial charge >= 0.3 is 5.97 Å². The van der Waals surface area contributed by atoms with Gasteiger partial charge in [0.25, 0.3) is 0 Å². The third-order valence-corrected chi connectivity index (χ3v) is 3.11. The van der Waals surface area contributed by atoms with Crippen LogP contribution in [-0.4, -0.2) is 29.6 Å². The van der Waals surface area contributed by atoms with E-state index in [0.717, 1.165) is 18.5 Å². The second-order valence-corrected chi connectivity index (χ2v) is 4.07. The van der Waals surface area contributed by atoms with Crippen molar-refractivity contribution in [3.63, 3.8) is 0 Å². The molecule has 3 nitrogen and oxygen atoms in total. The molecule has 0 unspecified atom stereocenters. The Morgan fingerprint density at radius 1 is 1.38 bits per heavy atom. The largest absolute Gasteiger partial charge is 0.481 e. The van der Waals surface area contributed by atoms with Gasteiger partial charge in [0.05, 0.1) is 5.92 Å². The number of hydrogen-bond donors (Lipinski definition) is 1. The first-order chi connectivity index (χ1) is 7.20. The highest BCUT2D eigenvalue weighted by Crippen LogP contribution is 2.35. The Balaban J connectivity index is 0.00000128. The molecule has 0 spiro atoms. The SMILES string of the molecule is CN1CC[C@H](C(=O)O)[C@H]1c1ccccc1.Cl. The quantitative estimate of drug-likeness (QED) is 0.863. The number of carboxylic acid groups (broad SMARTS) is 1. The lowest BCUT2D eigenvalue weighted by Gasteiger charge is -2.23. The molecular weight excluding hydrogens is 226 g/mol. The molecule has 0 bridgehead atoms. The average molecular weight is 242 g/mol. The first-order valence-corrected chi connectivity index (χ1v) is 5.18. The Morgan fingerprint density at radius 2 is 2.00 bits per heavy atom. The third-order valence-electron chi connectivity index (χ3n) is 3.11. The van der Waals surface area contributed by atoms with Gasteiger partial charge in [0.2, 0.25) is 0 Å². The van der Waals surface area contributed by atoms with Crippen LogP contribution in [0.5, 0.6) is 0 Å². The molecule has 1 aliphatic rings. The Hall–Kier alpha value is -1.06. The topological polar surface area (TPSA) is 40.5 Å². The number of halogens is 1. The summed E-state index contributed by atoms with van der Waals surface area (Å²) in [5.74, 6) is -0.953. The van der Waals surface area contributed by atoms with Crippen molar-refractivity contribution in [2.45, 2.75) is 12.5 Å². The number of likely N-dealkylation sites (tertiary alicyclic amines) is 1. The highest BCUT2D eigenvalue weighted by Gasteiger charge is 2.37. The maximum Gasteiger partial charge on any atom is 0.308 e. The number of carboxylic acids is 1. The first kappa shape index (κ1) is 13.0. The van der Waals surface area contributed by atoms with Crippen molar-refractivity contribution < 1.29 is 9.90 Å².